The fourth-order valence-electron chi connectivity index (χ4n) is 2.59. The summed E-state index contributed by atoms with van der Waals surface area (Å²) in [6, 6.07) is 3.36. The van der Waals surface area contributed by atoms with Crippen LogP contribution in [0.3, 0.4) is 0 Å². The minimum atomic E-state index is -0.558. The van der Waals surface area contributed by atoms with E-state index in [-0.39, 0.29) is 17.8 Å². The Bertz CT molecular complexity index is 644. The Hall–Kier alpha value is -1.83. The van der Waals surface area contributed by atoms with Gasteiger partial charge in [-0.05, 0) is 61.7 Å². The lowest BCUT2D eigenvalue weighted by Gasteiger charge is -2.22. The Morgan fingerprint density at radius 1 is 1.28 bits per heavy atom. The van der Waals surface area contributed by atoms with Crippen LogP contribution in [0.2, 0.25) is 0 Å². The van der Waals surface area contributed by atoms with Crippen molar-refractivity contribution in [2.45, 2.75) is 57.8 Å². The number of carbonyl (C=O) groups is 2. The molecule has 1 aromatic heterocycles. The highest BCUT2D eigenvalue weighted by molar-refractivity contribution is 9.10. The summed E-state index contributed by atoms with van der Waals surface area (Å²) in [5.41, 5.74) is -0.405. The first kappa shape index (κ1) is 19.5. The third kappa shape index (κ3) is 5.88. The predicted octanol–water partition coefficient (Wildman–Crippen LogP) is 3.46. The number of nitrogens with zero attached hydrogens (tertiary/aromatic N) is 1. The van der Waals surface area contributed by atoms with Gasteiger partial charge in [-0.2, -0.15) is 0 Å². The molecule has 2 atom stereocenters. The van der Waals surface area contributed by atoms with Crippen LogP contribution in [-0.2, 0) is 9.47 Å². The second-order valence-corrected chi connectivity index (χ2v) is 7.68. The van der Waals surface area contributed by atoms with Crippen molar-refractivity contribution >= 4 is 28.0 Å². The summed E-state index contributed by atoms with van der Waals surface area (Å²) in [5.74, 6) is -0.185. The van der Waals surface area contributed by atoms with Crippen LogP contribution >= 0.6 is 15.9 Å². The van der Waals surface area contributed by atoms with Gasteiger partial charge in [0.25, 0.3) is 0 Å². The standard InChI is InChI=1S/C17H23BrN2O5/c1-17(2,3)25-16(22)19-10-5-6-11(9-10)24-12-7-8-13(18)20-14(12)15(21)23-4/h7-8,10-11H,5-6,9H2,1-4H3,(H,19,22)/t10-,11-/m0/s1. The molecule has 1 aliphatic rings. The lowest BCUT2D eigenvalue weighted by atomic mass is 10.2. The molecule has 0 spiro atoms. The summed E-state index contributed by atoms with van der Waals surface area (Å²) in [4.78, 5) is 27.8. The van der Waals surface area contributed by atoms with Crippen molar-refractivity contribution in [1.29, 1.82) is 0 Å². The molecule has 138 valence electrons. The van der Waals surface area contributed by atoms with E-state index < -0.39 is 17.7 Å². The molecule has 1 fully saturated rings. The highest BCUT2D eigenvalue weighted by Gasteiger charge is 2.30. The molecule has 25 heavy (non-hydrogen) atoms. The molecule has 0 radical (unpaired) electrons. The fraction of sp³-hybridized carbons (Fsp3) is 0.588. The number of halogens is 1. The fourth-order valence-corrected chi connectivity index (χ4v) is 2.90. The Morgan fingerprint density at radius 3 is 2.64 bits per heavy atom. The van der Waals surface area contributed by atoms with E-state index in [0.717, 1.165) is 12.8 Å². The van der Waals surface area contributed by atoms with Gasteiger partial charge in [0.2, 0.25) is 0 Å². The SMILES string of the molecule is COC(=O)c1nc(Br)ccc1O[C@H]1CC[C@H](NC(=O)OC(C)(C)C)C1. The van der Waals surface area contributed by atoms with Gasteiger partial charge in [0.05, 0.1) is 7.11 Å². The van der Waals surface area contributed by atoms with E-state index in [2.05, 4.69) is 26.2 Å². The van der Waals surface area contributed by atoms with Crippen molar-refractivity contribution in [2.75, 3.05) is 7.11 Å². The summed E-state index contributed by atoms with van der Waals surface area (Å²) in [6.45, 7) is 5.46. The second-order valence-electron chi connectivity index (χ2n) is 6.87. The number of aromatic nitrogens is 1. The largest absolute Gasteiger partial charge is 0.488 e. The quantitative estimate of drug-likeness (QED) is 0.599. The Kier molecular flexibility index (Phi) is 6.26. The van der Waals surface area contributed by atoms with Crippen molar-refractivity contribution in [3.05, 3.63) is 22.4 Å². The van der Waals surface area contributed by atoms with Crippen molar-refractivity contribution in [3.8, 4) is 5.75 Å². The number of nitrogens with one attached hydrogen (secondary N) is 1. The summed E-state index contributed by atoms with van der Waals surface area (Å²) in [7, 11) is 1.30. The van der Waals surface area contributed by atoms with E-state index in [1.165, 1.54) is 7.11 Å². The van der Waals surface area contributed by atoms with Crippen LogP contribution in [0.1, 0.15) is 50.5 Å². The number of alkyl carbamates (subject to hydrolysis) is 1. The Balaban J connectivity index is 1.95. The first-order valence-corrected chi connectivity index (χ1v) is 8.88. The molecule has 1 heterocycles. The first-order valence-electron chi connectivity index (χ1n) is 8.09. The highest BCUT2D eigenvalue weighted by atomic mass is 79.9. The van der Waals surface area contributed by atoms with Gasteiger partial charge in [-0.3, -0.25) is 0 Å². The molecule has 0 aliphatic heterocycles. The molecule has 8 heteroatoms. The molecule has 0 aromatic carbocycles. The number of pyridine rings is 1. The van der Waals surface area contributed by atoms with Gasteiger partial charge >= 0.3 is 12.1 Å². The molecule has 1 N–H and O–H groups in total. The van der Waals surface area contributed by atoms with Gasteiger partial charge in [0.15, 0.2) is 11.4 Å². The summed E-state index contributed by atoms with van der Waals surface area (Å²) >= 11 is 3.23. The van der Waals surface area contributed by atoms with Crippen molar-refractivity contribution in [2.24, 2.45) is 0 Å². The third-order valence-corrected chi connectivity index (χ3v) is 4.04. The van der Waals surface area contributed by atoms with Crippen LogP contribution in [0.5, 0.6) is 5.75 Å². The van der Waals surface area contributed by atoms with Crippen LogP contribution < -0.4 is 10.1 Å². The minimum absolute atomic E-state index is 0.0233. The van der Waals surface area contributed by atoms with Crippen LogP contribution in [0, 0.1) is 0 Å². The van der Waals surface area contributed by atoms with Crippen LogP contribution in [0.15, 0.2) is 16.7 Å². The first-order chi connectivity index (χ1) is 11.7. The van der Waals surface area contributed by atoms with Crippen LogP contribution in [-0.4, -0.2) is 41.9 Å². The number of ether oxygens (including phenoxy) is 3. The summed E-state index contributed by atoms with van der Waals surface area (Å²) in [5, 5.41) is 2.85. The molecule has 0 bridgehead atoms. The lowest BCUT2D eigenvalue weighted by molar-refractivity contribution is 0.0502. The number of methoxy groups -OCH3 is 1. The predicted molar refractivity (Wildman–Crippen MR) is 94.7 cm³/mol. The molecule has 1 aliphatic carbocycles. The number of hydrogen-bond donors (Lipinski definition) is 1. The van der Waals surface area contributed by atoms with Crippen LogP contribution in [0.25, 0.3) is 0 Å². The molecule has 0 unspecified atom stereocenters. The smallest absolute Gasteiger partial charge is 0.407 e. The monoisotopic (exact) mass is 414 g/mol. The van der Waals surface area contributed by atoms with E-state index in [0.29, 0.717) is 16.8 Å². The maximum Gasteiger partial charge on any atom is 0.407 e. The van der Waals surface area contributed by atoms with Crippen LogP contribution in [0.4, 0.5) is 4.79 Å². The van der Waals surface area contributed by atoms with E-state index in [1.54, 1.807) is 12.1 Å². The number of esters is 1. The van der Waals surface area contributed by atoms with Gasteiger partial charge in [-0.1, -0.05) is 0 Å². The van der Waals surface area contributed by atoms with E-state index >= 15 is 0 Å². The van der Waals surface area contributed by atoms with Crippen molar-refractivity contribution in [3.63, 3.8) is 0 Å². The molecule has 1 aromatic rings. The zero-order valence-corrected chi connectivity index (χ0v) is 16.4. The topological polar surface area (TPSA) is 86.8 Å². The van der Waals surface area contributed by atoms with E-state index in [4.69, 9.17) is 14.2 Å². The minimum Gasteiger partial charge on any atom is -0.488 e. The molecule has 1 saturated carbocycles. The Labute approximate surface area is 155 Å². The Morgan fingerprint density at radius 2 is 2.00 bits per heavy atom. The van der Waals surface area contributed by atoms with Gasteiger partial charge < -0.3 is 19.5 Å². The number of amides is 1. The third-order valence-electron chi connectivity index (χ3n) is 3.60. The summed E-state index contributed by atoms with van der Waals surface area (Å²) < 4.78 is 16.4. The molecular weight excluding hydrogens is 392 g/mol. The molecule has 2 rings (SSSR count). The second kappa shape index (κ2) is 8.03. The maximum atomic E-state index is 11.8. The average molecular weight is 415 g/mol. The lowest BCUT2D eigenvalue weighted by Crippen LogP contribution is -2.38. The van der Waals surface area contributed by atoms with E-state index in [9.17, 15) is 9.59 Å². The summed E-state index contributed by atoms with van der Waals surface area (Å²) in [6.07, 6.45) is 1.62. The van der Waals surface area contributed by atoms with Gasteiger partial charge in [-0.15, -0.1) is 0 Å². The van der Waals surface area contributed by atoms with Gasteiger partial charge in [0.1, 0.15) is 16.3 Å². The molecule has 1 amide bonds. The van der Waals surface area contributed by atoms with Gasteiger partial charge in [-0.25, -0.2) is 14.6 Å². The van der Waals surface area contributed by atoms with Crippen molar-refractivity contribution in [1.82, 2.24) is 10.3 Å². The molecule has 7 nitrogen and oxygen atoms in total. The normalized spacial score (nSPS) is 20.0. The number of hydrogen-bond acceptors (Lipinski definition) is 6. The van der Waals surface area contributed by atoms with E-state index in [1.807, 2.05) is 20.8 Å². The molecule has 0 saturated heterocycles. The average Bonchev–Trinajstić information content (AvgIpc) is 2.93. The molecular formula is C17H23BrN2O5. The zero-order chi connectivity index (χ0) is 18.6. The van der Waals surface area contributed by atoms with Gasteiger partial charge in [0, 0.05) is 12.5 Å². The highest BCUT2D eigenvalue weighted by Crippen LogP contribution is 2.28. The number of rotatable bonds is 4. The zero-order valence-electron chi connectivity index (χ0n) is 14.8. The number of carbonyl (C=O) groups excluding carboxylic acids is 2. The maximum absolute atomic E-state index is 11.8. The van der Waals surface area contributed by atoms with Crippen molar-refractivity contribution < 1.29 is 23.8 Å².